The van der Waals surface area contributed by atoms with Crippen LogP contribution in [-0.4, -0.2) is 16.0 Å². The Morgan fingerprint density at radius 2 is 2.26 bits per heavy atom. The van der Waals surface area contributed by atoms with Crippen LogP contribution < -0.4 is 5.32 Å². The lowest BCUT2D eigenvalue weighted by Gasteiger charge is -2.03. The monoisotopic (exact) mass is 331 g/mol. The second kappa shape index (κ2) is 5.92. The van der Waals surface area contributed by atoms with Gasteiger partial charge in [-0.1, -0.05) is 30.7 Å². The minimum absolute atomic E-state index is 0.0108. The summed E-state index contributed by atoms with van der Waals surface area (Å²) in [7, 11) is 0. The molecule has 2 aromatic heterocycles. The predicted molar refractivity (Wildman–Crippen MR) is 89.6 cm³/mol. The summed E-state index contributed by atoms with van der Waals surface area (Å²) >= 11 is 1.58. The molecule has 0 saturated heterocycles. The summed E-state index contributed by atoms with van der Waals surface area (Å²) in [6, 6.07) is 1.94. The maximum atomic E-state index is 12.4. The Balaban J connectivity index is 1.59. The van der Waals surface area contributed by atoms with E-state index in [0.29, 0.717) is 17.6 Å². The van der Waals surface area contributed by atoms with E-state index in [1.807, 2.05) is 16.8 Å². The first-order valence-electron chi connectivity index (χ1n) is 7.67. The van der Waals surface area contributed by atoms with Crippen LogP contribution in [0.4, 0.5) is 0 Å². The topological polar surface area (TPSA) is 68.0 Å². The van der Waals surface area contributed by atoms with Gasteiger partial charge in [-0.2, -0.15) is 16.3 Å². The van der Waals surface area contributed by atoms with Gasteiger partial charge in [0.25, 0.3) is 0 Å². The summed E-state index contributed by atoms with van der Waals surface area (Å²) in [4.78, 5) is 16.7. The Bertz CT molecular complexity index is 727. The van der Waals surface area contributed by atoms with Crippen molar-refractivity contribution in [2.24, 2.45) is 17.3 Å². The van der Waals surface area contributed by atoms with E-state index in [1.54, 1.807) is 11.3 Å². The minimum atomic E-state index is 0.0108. The van der Waals surface area contributed by atoms with E-state index < -0.39 is 0 Å². The van der Waals surface area contributed by atoms with Gasteiger partial charge in [0.05, 0.1) is 12.5 Å². The molecule has 5 nitrogen and oxygen atoms in total. The van der Waals surface area contributed by atoms with Gasteiger partial charge in [-0.25, -0.2) is 0 Å². The van der Waals surface area contributed by atoms with E-state index in [0.717, 1.165) is 5.56 Å². The zero-order valence-corrected chi connectivity index (χ0v) is 14.6. The van der Waals surface area contributed by atoms with Gasteiger partial charge in [0.2, 0.25) is 17.6 Å². The molecule has 122 valence electrons. The van der Waals surface area contributed by atoms with E-state index in [2.05, 4.69) is 49.2 Å². The predicted octanol–water partition coefficient (Wildman–Crippen LogP) is 3.65. The lowest BCUT2D eigenvalue weighted by atomic mass is 10.1. The van der Waals surface area contributed by atoms with Gasteiger partial charge in [0.1, 0.15) is 0 Å². The van der Waals surface area contributed by atoms with Crippen LogP contribution in [0.25, 0.3) is 11.4 Å². The molecule has 0 bridgehead atoms. The Morgan fingerprint density at radius 1 is 1.48 bits per heavy atom. The van der Waals surface area contributed by atoms with Gasteiger partial charge >= 0.3 is 0 Å². The Labute approximate surface area is 139 Å². The summed E-state index contributed by atoms with van der Waals surface area (Å²) in [5.41, 5.74) is 2.19. The van der Waals surface area contributed by atoms with Crippen molar-refractivity contribution < 1.29 is 9.32 Å². The van der Waals surface area contributed by atoms with Gasteiger partial charge in [0, 0.05) is 10.9 Å². The van der Waals surface area contributed by atoms with Crippen LogP contribution >= 0.6 is 11.3 Å². The molecule has 0 radical (unpaired) electrons. The van der Waals surface area contributed by atoms with Crippen LogP contribution in [0.5, 0.6) is 0 Å². The fourth-order valence-electron chi connectivity index (χ4n) is 2.96. The molecule has 1 aliphatic carbocycles. The minimum Gasteiger partial charge on any atom is -0.347 e. The molecule has 23 heavy (non-hydrogen) atoms. The number of amides is 1. The third kappa shape index (κ3) is 3.22. The highest BCUT2D eigenvalue weighted by atomic mass is 32.1. The molecule has 3 rings (SSSR count). The molecular formula is C17H21N3O2S. The summed E-state index contributed by atoms with van der Waals surface area (Å²) in [5.74, 6) is 1.35. The molecule has 2 heterocycles. The quantitative estimate of drug-likeness (QED) is 0.849. The SMILES string of the molecule is CC(C)=C[C@H]1[C@@H](C(=O)NCc2nc(-c3ccsc3)no2)C1(C)C. The molecule has 1 N–H and O–H groups in total. The first kappa shape index (κ1) is 15.9. The third-order valence-electron chi connectivity index (χ3n) is 4.37. The van der Waals surface area contributed by atoms with Gasteiger partial charge in [-0.3, -0.25) is 4.79 Å². The molecule has 0 unspecified atom stereocenters. The zero-order chi connectivity index (χ0) is 16.6. The van der Waals surface area contributed by atoms with Crippen molar-refractivity contribution in [2.45, 2.75) is 34.2 Å². The van der Waals surface area contributed by atoms with Gasteiger partial charge in [-0.05, 0) is 36.6 Å². The normalized spacial score (nSPS) is 21.7. The molecule has 2 atom stereocenters. The lowest BCUT2D eigenvalue weighted by molar-refractivity contribution is -0.123. The van der Waals surface area contributed by atoms with Crippen molar-refractivity contribution in [1.82, 2.24) is 15.5 Å². The molecular weight excluding hydrogens is 310 g/mol. The Kier molecular flexibility index (Phi) is 4.10. The maximum Gasteiger partial charge on any atom is 0.246 e. The van der Waals surface area contributed by atoms with Crippen molar-refractivity contribution >= 4 is 17.2 Å². The second-order valence-corrected chi connectivity index (χ2v) is 7.59. The second-order valence-electron chi connectivity index (χ2n) is 6.81. The molecule has 1 saturated carbocycles. The molecule has 2 aromatic rings. The van der Waals surface area contributed by atoms with Crippen LogP contribution in [0.1, 0.15) is 33.6 Å². The molecule has 1 amide bonds. The number of allylic oxidation sites excluding steroid dienone is 2. The highest BCUT2D eigenvalue weighted by Crippen LogP contribution is 2.59. The van der Waals surface area contributed by atoms with Crippen molar-refractivity contribution in [2.75, 3.05) is 0 Å². The van der Waals surface area contributed by atoms with Crippen molar-refractivity contribution in [1.29, 1.82) is 0 Å². The van der Waals surface area contributed by atoms with Gasteiger partial charge < -0.3 is 9.84 Å². The molecule has 0 aliphatic heterocycles. The fraction of sp³-hybridized carbons (Fsp3) is 0.471. The Hall–Kier alpha value is -1.95. The number of hydrogen-bond acceptors (Lipinski definition) is 5. The van der Waals surface area contributed by atoms with E-state index in [9.17, 15) is 4.79 Å². The smallest absolute Gasteiger partial charge is 0.246 e. The van der Waals surface area contributed by atoms with E-state index >= 15 is 0 Å². The number of thiophene rings is 1. The fourth-order valence-corrected chi connectivity index (χ4v) is 3.59. The molecule has 6 heteroatoms. The van der Waals surface area contributed by atoms with Crippen molar-refractivity contribution in [3.63, 3.8) is 0 Å². The van der Waals surface area contributed by atoms with E-state index in [-0.39, 0.29) is 23.8 Å². The first-order valence-corrected chi connectivity index (χ1v) is 8.62. The largest absolute Gasteiger partial charge is 0.347 e. The number of carbonyl (C=O) groups excluding carboxylic acids is 1. The standard InChI is InChI=1S/C17H21N3O2S/c1-10(2)7-12-14(17(12,3)4)16(21)18-8-13-19-15(20-22-13)11-5-6-23-9-11/h5-7,9,12,14H,8H2,1-4H3,(H,18,21)/t12-,14-/m0/s1. The van der Waals surface area contributed by atoms with Crippen LogP contribution in [0.15, 0.2) is 33.0 Å². The molecule has 1 aliphatic rings. The highest BCUT2D eigenvalue weighted by molar-refractivity contribution is 7.08. The summed E-state index contributed by atoms with van der Waals surface area (Å²) in [5, 5.41) is 10.8. The summed E-state index contributed by atoms with van der Waals surface area (Å²) < 4.78 is 5.20. The maximum absolute atomic E-state index is 12.4. The number of carbonyl (C=O) groups is 1. The number of nitrogens with one attached hydrogen (secondary N) is 1. The molecule has 1 fully saturated rings. The van der Waals surface area contributed by atoms with E-state index in [4.69, 9.17) is 4.52 Å². The van der Waals surface area contributed by atoms with Crippen LogP contribution in [0, 0.1) is 17.3 Å². The highest BCUT2D eigenvalue weighted by Gasteiger charge is 2.60. The average Bonchev–Trinajstić information content (AvgIpc) is 2.96. The van der Waals surface area contributed by atoms with Crippen LogP contribution in [-0.2, 0) is 11.3 Å². The number of aromatic nitrogens is 2. The first-order chi connectivity index (χ1) is 10.9. The molecule has 0 spiro atoms. The lowest BCUT2D eigenvalue weighted by Crippen LogP contribution is -2.26. The summed E-state index contributed by atoms with van der Waals surface area (Å²) in [6.45, 7) is 8.65. The van der Waals surface area contributed by atoms with Crippen molar-refractivity contribution in [3.8, 4) is 11.4 Å². The summed E-state index contributed by atoms with van der Waals surface area (Å²) in [6.07, 6.45) is 2.19. The number of hydrogen-bond donors (Lipinski definition) is 1. The van der Waals surface area contributed by atoms with E-state index in [1.165, 1.54) is 5.57 Å². The van der Waals surface area contributed by atoms with Crippen molar-refractivity contribution in [3.05, 3.63) is 34.4 Å². The van der Waals surface area contributed by atoms with Crippen LogP contribution in [0.2, 0.25) is 0 Å². The number of nitrogens with zero attached hydrogens (tertiary/aromatic N) is 2. The molecule has 0 aromatic carbocycles. The van der Waals surface area contributed by atoms with Gasteiger partial charge in [-0.15, -0.1) is 0 Å². The van der Waals surface area contributed by atoms with Crippen LogP contribution in [0.3, 0.4) is 0 Å². The average molecular weight is 331 g/mol. The zero-order valence-electron chi connectivity index (χ0n) is 13.8. The Morgan fingerprint density at radius 3 is 2.91 bits per heavy atom. The van der Waals surface area contributed by atoms with Gasteiger partial charge in [0.15, 0.2) is 0 Å². The third-order valence-corrected chi connectivity index (χ3v) is 5.05. The number of rotatable bonds is 5.